The van der Waals surface area contributed by atoms with Gasteiger partial charge in [-0.25, -0.2) is 4.79 Å². The van der Waals surface area contributed by atoms with E-state index in [0.717, 1.165) is 30.6 Å². The van der Waals surface area contributed by atoms with Crippen molar-refractivity contribution in [2.45, 2.75) is 103 Å². The van der Waals surface area contributed by atoms with E-state index in [-0.39, 0.29) is 0 Å². The van der Waals surface area contributed by atoms with Gasteiger partial charge in [-0.05, 0) is 48.9 Å². The highest BCUT2D eigenvalue weighted by Crippen LogP contribution is 2.34. The quantitative estimate of drug-likeness (QED) is 0.303. The summed E-state index contributed by atoms with van der Waals surface area (Å²) in [5.41, 5.74) is 0.307. The highest BCUT2D eigenvalue weighted by molar-refractivity contribution is 5.87. The van der Waals surface area contributed by atoms with Crippen LogP contribution in [-0.2, 0) is 0 Å². The molecule has 1 aromatic rings. The van der Waals surface area contributed by atoms with Crippen molar-refractivity contribution in [3.63, 3.8) is 0 Å². The Labute approximate surface area is 178 Å². The molecular weight excluding hydrogens is 360 g/mol. The van der Waals surface area contributed by atoms with Crippen LogP contribution < -0.4 is 4.74 Å². The summed E-state index contributed by atoms with van der Waals surface area (Å²) < 4.78 is 5.77. The second-order valence-corrected chi connectivity index (χ2v) is 8.97. The molecular formula is C26H42O3. The molecule has 0 bridgehead atoms. The van der Waals surface area contributed by atoms with Gasteiger partial charge in [0.1, 0.15) is 5.75 Å². The lowest BCUT2D eigenvalue weighted by Crippen LogP contribution is -2.15. The molecule has 0 aliphatic heterocycles. The summed E-state index contributed by atoms with van der Waals surface area (Å²) in [7, 11) is 0. The maximum atomic E-state index is 10.9. The third-order valence-electron chi connectivity index (χ3n) is 6.56. The SMILES string of the molecule is CCCCCCCCCCC1CCC(CCCOc2ccc(C(=O)O)cc2)CC1. The molecule has 0 heterocycles. The maximum Gasteiger partial charge on any atom is 0.335 e. The molecule has 0 saturated heterocycles. The van der Waals surface area contributed by atoms with E-state index >= 15 is 0 Å². The Morgan fingerprint density at radius 2 is 1.34 bits per heavy atom. The van der Waals surface area contributed by atoms with E-state index in [4.69, 9.17) is 9.84 Å². The monoisotopic (exact) mass is 402 g/mol. The summed E-state index contributed by atoms with van der Waals surface area (Å²) in [6.45, 7) is 3.01. The van der Waals surface area contributed by atoms with Crippen LogP contribution in [0.3, 0.4) is 0 Å². The van der Waals surface area contributed by atoms with Crippen LogP contribution in [-0.4, -0.2) is 17.7 Å². The number of carboxylic acids is 1. The van der Waals surface area contributed by atoms with Crippen molar-refractivity contribution < 1.29 is 14.6 Å². The molecule has 29 heavy (non-hydrogen) atoms. The first-order valence-corrected chi connectivity index (χ1v) is 12.1. The zero-order valence-corrected chi connectivity index (χ0v) is 18.5. The van der Waals surface area contributed by atoms with Gasteiger partial charge in [0.15, 0.2) is 0 Å². The number of hydrogen-bond donors (Lipinski definition) is 1. The lowest BCUT2D eigenvalue weighted by atomic mass is 9.78. The van der Waals surface area contributed by atoms with Gasteiger partial charge in [0.2, 0.25) is 0 Å². The van der Waals surface area contributed by atoms with Crippen LogP contribution in [0.5, 0.6) is 5.75 Å². The lowest BCUT2D eigenvalue weighted by Gasteiger charge is -2.28. The highest BCUT2D eigenvalue weighted by atomic mass is 16.5. The van der Waals surface area contributed by atoms with E-state index in [9.17, 15) is 4.79 Å². The fraction of sp³-hybridized carbons (Fsp3) is 0.731. The minimum Gasteiger partial charge on any atom is -0.494 e. The fourth-order valence-electron chi connectivity index (χ4n) is 4.63. The van der Waals surface area contributed by atoms with Crippen LogP contribution in [0.2, 0.25) is 0 Å². The zero-order valence-electron chi connectivity index (χ0n) is 18.5. The van der Waals surface area contributed by atoms with Crippen LogP contribution in [0.4, 0.5) is 0 Å². The summed E-state index contributed by atoms with van der Waals surface area (Å²) >= 11 is 0. The van der Waals surface area contributed by atoms with Gasteiger partial charge in [-0.3, -0.25) is 0 Å². The molecule has 0 atom stereocenters. The van der Waals surface area contributed by atoms with Crippen molar-refractivity contribution in [2.24, 2.45) is 11.8 Å². The Balaban J connectivity index is 1.45. The summed E-state index contributed by atoms with van der Waals surface area (Å²) in [5.74, 6) is 1.73. The normalized spacial score (nSPS) is 19.2. The minimum absolute atomic E-state index is 0.307. The van der Waals surface area contributed by atoms with Crippen molar-refractivity contribution in [1.82, 2.24) is 0 Å². The molecule has 0 unspecified atom stereocenters. The molecule has 1 fully saturated rings. The van der Waals surface area contributed by atoms with Crippen LogP contribution in [0.25, 0.3) is 0 Å². The first-order valence-electron chi connectivity index (χ1n) is 12.1. The van der Waals surface area contributed by atoms with E-state index in [0.29, 0.717) is 5.56 Å². The number of rotatable bonds is 15. The minimum atomic E-state index is -0.894. The largest absolute Gasteiger partial charge is 0.494 e. The Morgan fingerprint density at radius 3 is 1.90 bits per heavy atom. The van der Waals surface area contributed by atoms with Gasteiger partial charge in [-0.1, -0.05) is 90.4 Å². The second kappa shape index (κ2) is 14.5. The van der Waals surface area contributed by atoms with E-state index in [2.05, 4.69) is 6.92 Å². The average Bonchev–Trinajstić information content (AvgIpc) is 2.74. The maximum absolute atomic E-state index is 10.9. The Kier molecular flexibility index (Phi) is 11.9. The van der Waals surface area contributed by atoms with Gasteiger partial charge in [-0.15, -0.1) is 0 Å². The van der Waals surface area contributed by atoms with E-state index < -0.39 is 5.97 Å². The van der Waals surface area contributed by atoms with Gasteiger partial charge >= 0.3 is 5.97 Å². The molecule has 1 saturated carbocycles. The van der Waals surface area contributed by atoms with E-state index in [1.54, 1.807) is 24.3 Å². The first kappa shape index (κ1) is 23.8. The van der Waals surface area contributed by atoms with Crippen molar-refractivity contribution in [1.29, 1.82) is 0 Å². The third-order valence-corrected chi connectivity index (χ3v) is 6.56. The fourth-order valence-corrected chi connectivity index (χ4v) is 4.63. The Bertz CT molecular complexity index is 544. The van der Waals surface area contributed by atoms with Gasteiger partial charge in [0, 0.05) is 0 Å². The van der Waals surface area contributed by atoms with Crippen molar-refractivity contribution in [3.8, 4) is 5.75 Å². The van der Waals surface area contributed by atoms with Crippen LogP contribution in [0, 0.1) is 11.8 Å². The highest BCUT2D eigenvalue weighted by Gasteiger charge is 2.20. The molecule has 1 aliphatic carbocycles. The average molecular weight is 403 g/mol. The molecule has 0 radical (unpaired) electrons. The number of benzene rings is 1. The summed E-state index contributed by atoms with van der Waals surface area (Å²) in [5, 5.41) is 8.92. The number of aromatic carboxylic acids is 1. The molecule has 1 aliphatic rings. The van der Waals surface area contributed by atoms with Gasteiger partial charge < -0.3 is 9.84 Å². The molecule has 1 aromatic carbocycles. The number of carbonyl (C=O) groups is 1. The topological polar surface area (TPSA) is 46.5 Å². The number of carboxylic acid groups (broad SMARTS) is 1. The van der Waals surface area contributed by atoms with Crippen LogP contribution in [0.15, 0.2) is 24.3 Å². The summed E-state index contributed by atoms with van der Waals surface area (Å²) in [6.07, 6.45) is 20.9. The molecule has 2 rings (SSSR count). The Hall–Kier alpha value is -1.51. The summed E-state index contributed by atoms with van der Waals surface area (Å²) in [6, 6.07) is 6.70. The van der Waals surface area contributed by atoms with Gasteiger partial charge in [-0.2, -0.15) is 0 Å². The van der Waals surface area contributed by atoms with E-state index in [1.165, 1.54) is 89.9 Å². The van der Waals surface area contributed by atoms with Crippen molar-refractivity contribution in [3.05, 3.63) is 29.8 Å². The first-order chi connectivity index (χ1) is 14.2. The third kappa shape index (κ3) is 10.2. The molecule has 0 spiro atoms. The summed E-state index contributed by atoms with van der Waals surface area (Å²) in [4.78, 5) is 10.9. The van der Waals surface area contributed by atoms with Crippen LogP contribution >= 0.6 is 0 Å². The molecule has 3 nitrogen and oxygen atoms in total. The standard InChI is InChI=1S/C26H42O3/c1-2-3-4-5-6-7-8-9-11-22-13-15-23(16-14-22)12-10-21-29-25-19-17-24(18-20-25)26(27)28/h17-20,22-23H,2-16,21H2,1H3,(H,27,28). The molecule has 164 valence electrons. The Morgan fingerprint density at radius 1 is 0.828 bits per heavy atom. The number of unbranched alkanes of at least 4 members (excludes halogenated alkanes) is 7. The molecule has 0 amide bonds. The smallest absolute Gasteiger partial charge is 0.335 e. The van der Waals surface area contributed by atoms with Crippen molar-refractivity contribution >= 4 is 5.97 Å². The van der Waals surface area contributed by atoms with Crippen LogP contribution in [0.1, 0.15) is 114 Å². The molecule has 3 heteroatoms. The van der Waals surface area contributed by atoms with Gasteiger partial charge in [0.25, 0.3) is 0 Å². The zero-order chi connectivity index (χ0) is 20.7. The van der Waals surface area contributed by atoms with Gasteiger partial charge in [0.05, 0.1) is 12.2 Å². The predicted molar refractivity (Wildman–Crippen MR) is 121 cm³/mol. The molecule has 1 N–H and O–H groups in total. The molecule has 0 aromatic heterocycles. The van der Waals surface area contributed by atoms with E-state index in [1.807, 2.05) is 0 Å². The van der Waals surface area contributed by atoms with Crippen molar-refractivity contribution in [2.75, 3.05) is 6.61 Å². The number of hydrogen-bond acceptors (Lipinski definition) is 2. The predicted octanol–water partition coefficient (Wildman–Crippen LogP) is 7.88. The number of ether oxygens (including phenoxy) is 1. The lowest BCUT2D eigenvalue weighted by molar-refractivity contribution is 0.0697. The second-order valence-electron chi connectivity index (χ2n) is 8.97.